The molecule has 0 amide bonds. The maximum Gasteiger partial charge on any atom is 0.328 e. The Balaban J connectivity index is 1.56. The number of H-pyrrole nitrogens is 1. The predicted molar refractivity (Wildman–Crippen MR) is 112 cm³/mol. The molecule has 0 aliphatic carbocycles. The van der Waals surface area contributed by atoms with Crippen molar-refractivity contribution in [3.05, 3.63) is 76.1 Å². The van der Waals surface area contributed by atoms with Crippen molar-refractivity contribution in [2.75, 3.05) is 6.61 Å². The number of halogens is 2. The SMILES string of the molecule is N#Cc1ccc2ncn(-c3ncc4[nH]c(=O)n(C5CCOc6c(F)cc(F)cc65)c4n3)c2c1. The van der Waals surface area contributed by atoms with Gasteiger partial charge in [-0.25, -0.2) is 23.5 Å². The van der Waals surface area contributed by atoms with Gasteiger partial charge < -0.3 is 9.72 Å². The second-order valence-corrected chi connectivity index (χ2v) is 7.60. The van der Waals surface area contributed by atoms with Crippen molar-refractivity contribution in [1.82, 2.24) is 29.1 Å². The normalized spacial score (nSPS) is 15.4. The Morgan fingerprint density at radius 1 is 1.21 bits per heavy atom. The average molecular weight is 445 g/mol. The van der Waals surface area contributed by atoms with Crippen LogP contribution in [0.3, 0.4) is 0 Å². The first-order chi connectivity index (χ1) is 16.0. The molecule has 1 unspecified atom stereocenters. The number of nitriles is 1. The zero-order valence-electron chi connectivity index (χ0n) is 16.8. The highest BCUT2D eigenvalue weighted by Crippen LogP contribution is 2.37. The van der Waals surface area contributed by atoms with Crippen molar-refractivity contribution in [3.8, 4) is 17.8 Å². The summed E-state index contributed by atoms with van der Waals surface area (Å²) in [5.74, 6) is -1.43. The van der Waals surface area contributed by atoms with E-state index >= 15 is 0 Å². The summed E-state index contributed by atoms with van der Waals surface area (Å²) < 4.78 is 36.7. The number of nitrogens with zero attached hydrogens (tertiary/aromatic N) is 6. The molecule has 1 aliphatic rings. The van der Waals surface area contributed by atoms with Crippen LogP contribution in [0.2, 0.25) is 0 Å². The maximum atomic E-state index is 14.3. The standard InChI is InChI=1S/C22H13F2N7O2/c23-12-6-13-17(3-4-33-19(13)14(24)7-12)31-20-16(28-22(31)32)9-26-21(29-20)30-10-27-15-2-1-11(8-25)5-18(15)30/h1-2,5-7,9-10,17H,3-4H2,(H,28,32). The molecule has 2 aromatic carbocycles. The molecule has 4 heterocycles. The topological polar surface area (TPSA) is 114 Å². The van der Waals surface area contributed by atoms with Gasteiger partial charge in [-0.3, -0.25) is 9.13 Å². The van der Waals surface area contributed by atoms with Crippen LogP contribution < -0.4 is 10.4 Å². The summed E-state index contributed by atoms with van der Waals surface area (Å²) in [5, 5.41) is 9.22. The number of aromatic amines is 1. The van der Waals surface area contributed by atoms with Crippen LogP contribution in [0.4, 0.5) is 8.78 Å². The van der Waals surface area contributed by atoms with Crippen LogP contribution in [-0.4, -0.2) is 35.7 Å². The van der Waals surface area contributed by atoms with Gasteiger partial charge in [-0.15, -0.1) is 0 Å². The van der Waals surface area contributed by atoms with Crippen LogP contribution in [0.15, 0.2) is 47.7 Å². The van der Waals surface area contributed by atoms with E-state index in [1.165, 1.54) is 23.2 Å². The molecule has 0 spiro atoms. The van der Waals surface area contributed by atoms with Crippen LogP contribution in [0.25, 0.3) is 28.1 Å². The number of nitrogens with one attached hydrogen (secondary N) is 1. The lowest BCUT2D eigenvalue weighted by Crippen LogP contribution is -2.28. The largest absolute Gasteiger partial charge is 0.490 e. The smallest absolute Gasteiger partial charge is 0.328 e. The molecule has 1 N–H and O–H groups in total. The van der Waals surface area contributed by atoms with E-state index in [4.69, 9.17) is 4.74 Å². The first-order valence-electron chi connectivity index (χ1n) is 10.00. The molecule has 1 aliphatic heterocycles. The number of rotatable bonds is 2. The Morgan fingerprint density at radius 2 is 2.09 bits per heavy atom. The van der Waals surface area contributed by atoms with Crippen LogP contribution in [-0.2, 0) is 0 Å². The number of benzene rings is 2. The molecule has 3 aromatic heterocycles. The average Bonchev–Trinajstić information content (AvgIpc) is 3.37. The summed E-state index contributed by atoms with van der Waals surface area (Å²) in [7, 11) is 0. The Bertz CT molecular complexity index is 1680. The van der Waals surface area contributed by atoms with E-state index in [2.05, 4.69) is 26.0 Å². The third-order valence-electron chi connectivity index (χ3n) is 5.68. The van der Waals surface area contributed by atoms with Crippen molar-refractivity contribution < 1.29 is 13.5 Å². The van der Waals surface area contributed by atoms with E-state index < -0.39 is 23.4 Å². The minimum Gasteiger partial charge on any atom is -0.490 e. The van der Waals surface area contributed by atoms with Gasteiger partial charge in [-0.1, -0.05) is 0 Å². The van der Waals surface area contributed by atoms with Crippen LogP contribution in [0.5, 0.6) is 5.75 Å². The molecule has 0 radical (unpaired) electrons. The van der Waals surface area contributed by atoms with E-state index in [0.717, 1.165) is 6.07 Å². The minimum atomic E-state index is -0.823. The molecule has 33 heavy (non-hydrogen) atoms. The number of aromatic nitrogens is 6. The van der Waals surface area contributed by atoms with Crippen molar-refractivity contribution in [1.29, 1.82) is 5.26 Å². The molecule has 11 heteroatoms. The van der Waals surface area contributed by atoms with Gasteiger partial charge in [-0.2, -0.15) is 10.2 Å². The number of hydrogen-bond acceptors (Lipinski definition) is 6. The number of hydrogen-bond donors (Lipinski definition) is 1. The third-order valence-corrected chi connectivity index (χ3v) is 5.68. The summed E-state index contributed by atoms with van der Waals surface area (Å²) in [5.41, 5.74) is 2.11. The quantitative estimate of drug-likeness (QED) is 0.447. The van der Waals surface area contributed by atoms with Gasteiger partial charge in [-0.05, 0) is 24.3 Å². The van der Waals surface area contributed by atoms with Gasteiger partial charge in [0, 0.05) is 18.1 Å². The molecule has 1 atom stereocenters. The highest BCUT2D eigenvalue weighted by atomic mass is 19.1. The summed E-state index contributed by atoms with van der Waals surface area (Å²) in [6, 6.07) is 8.36. The minimum absolute atomic E-state index is 0.0761. The first-order valence-corrected chi connectivity index (χ1v) is 10.00. The van der Waals surface area contributed by atoms with E-state index in [1.807, 2.05) is 0 Å². The van der Waals surface area contributed by atoms with E-state index in [-0.39, 0.29) is 29.5 Å². The zero-order valence-corrected chi connectivity index (χ0v) is 16.8. The van der Waals surface area contributed by atoms with Crippen LogP contribution >= 0.6 is 0 Å². The number of ether oxygens (including phenoxy) is 1. The summed E-state index contributed by atoms with van der Waals surface area (Å²) in [6.45, 7) is 0.153. The molecule has 0 fully saturated rings. The van der Waals surface area contributed by atoms with E-state index in [1.54, 1.807) is 22.8 Å². The highest BCUT2D eigenvalue weighted by Gasteiger charge is 2.30. The fourth-order valence-corrected chi connectivity index (χ4v) is 4.23. The Morgan fingerprint density at radius 3 is 2.94 bits per heavy atom. The van der Waals surface area contributed by atoms with Gasteiger partial charge in [0.05, 0.1) is 41.5 Å². The highest BCUT2D eigenvalue weighted by molar-refractivity contribution is 5.79. The Kier molecular flexibility index (Phi) is 4.03. The first kappa shape index (κ1) is 19.1. The van der Waals surface area contributed by atoms with Gasteiger partial charge >= 0.3 is 5.69 Å². The summed E-state index contributed by atoms with van der Waals surface area (Å²) >= 11 is 0. The third kappa shape index (κ3) is 2.88. The number of imidazole rings is 2. The van der Waals surface area contributed by atoms with Crippen molar-refractivity contribution in [2.45, 2.75) is 12.5 Å². The molecular weight excluding hydrogens is 432 g/mol. The lowest BCUT2D eigenvalue weighted by molar-refractivity contribution is 0.242. The van der Waals surface area contributed by atoms with Crippen molar-refractivity contribution in [3.63, 3.8) is 0 Å². The molecule has 162 valence electrons. The lowest BCUT2D eigenvalue weighted by Gasteiger charge is -2.27. The molecule has 6 rings (SSSR count). The summed E-state index contributed by atoms with van der Waals surface area (Å²) in [6.07, 6.45) is 3.31. The maximum absolute atomic E-state index is 14.3. The van der Waals surface area contributed by atoms with Gasteiger partial charge in [0.15, 0.2) is 17.2 Å². The molecule has 0 saturated carbocycles. The second kappa shape index (κ2) is 6.96. The Hall–Kier alpha value is -4.59. The Labute approximate surface area is 183 Å². The fourth-order valence-electron chi connectivity index (χ4n) is 4.23. The predicted octanol–water partition coefficient (Wildman–Crippen LogP) is 2.98. The van der Waals surface area contributed by atoms with Gasteiger partial charge in [0.1, 0.15) is 17.7 Å². The monoisotopic (exact) mass is 445 g/mol. The van der Waals surface area contributed by atoms with Crippen molar-refractivity contribution >= 4 is 22.2 Å². The van der Waals surface area contributed by atoms with Crippen LogP contribution in [0, 0.1) is 23.0 Å². The lowest BCUT2D eigenvalue weighted by atomic mass is 10.00. The zero-order chi connectivity index (χ0) is 22.7. The molecule has 0 saturated heterocycles. The van der Waals surface area contributed by atoms with Crippen LogP contribution in [0.1, 0.15) is 23.6 Å². The molecule has 5 aromatic rings. The molecule has 0 bridgehead atoms. The molecular formula is C22H13F2N7O2. The van der Waals surface area contributed by atoms with Gasteiger partial charge in [0.2, 0.25) is 5.95 Å². The van der Waals surface area contributed by atoms with Crippen molar-refractivity contribution in [2.24, 2.45) is 0 Å². The fraction of sp³-hybridized carbons (Fsp3) is 0.136. The van der Waals surface area contributed by atoms with E-state index in [0.29, 0.717) is 28.5 Å². The van der Waals surface area contributed by atoms with E-state index in [9.17, 15) is 18.8 Å². The van der Waals surface area contributed by atoms with Gasteiger partial charge in [0.25, 0.3) is 0 Å². The molecule has 9 nitrogen and oxygen atoms in total. The summed E-state index contributed by atoms with van der Waals surface area (Å²) in [4.78, 5) is 28.8. The number of fused-ring (bicyclic) bond motifs is 3. The second-order valence-electron chi connectivity index (χ2n) is 7.60.